The van der Waals surface area contributed by atoms with Gasteiger partial charge in [-0.3, -0.25) is 4.68 Å². The molecule has 0 saturated carbocycles. The molecular weight excluding hydrogens is 401 g/mol. The number of hydrogen-bond acceptors (Lipinski definition) is 9. The molecule has 1 unspecified atom stereocenters. The number of anilines is 2. The van der Waals surface area contributed by atoms with E-state index in [0.29, 0.717) is 33.2 Å². The lowest BCUT2D eigenvalue weighted by Gasteiger charge is -2.16. The minimum atomic E-state index is -1.31. The van der Waals surface area contributed by atoms with E-state index in [1.807, 2.05) is 12.3 Å². The number of nitrogens with one attached hydrogen (secondary N) is 1. The first-order chi connectivity index (χ1) is 13.4. The van der Waals surface area contributed by atoms with Crippen LogP contribution in [0.25, 0.3) is 0 Å². The number of halogens is 1. The Morgan fingerprint density at radius 2 is 2.07 bits per heavy atom. The summed E-state index contributed by atoms with van der Waals surface area (Å²) in [6, 6.07) is 6.41. The topological polar surface area (TPSA) is 102 Å². The van der Waals surface area contributed by atoms with Gasteiger partial charge < -0.3 is 10.4 Å². The van der Waals surface area contributed by atoms with E-state index in [0.717, 1.165) is 5.69 Å². The summed E-state index contributed by atoms with van der Waals surface area (Å²) in [5.41, 5.74) is 0.114. The van der Waals surface area contributed by atoms with Crippen LogP contribution < -0.4 is 5.32 Å². The average molecular weight is 417 g/mol. The molecule has 1 atom stereocenters. The van der Waals surface area contributed by atoms with E-state index in [1.54, 1.807) is 36.0 Å². The van der Waals surface area contributed by atoms with Crippen LogP contribution >= 0.6 is 22.7 Å². The van der Waals surface area contributed by atoms with Gasteiger partial charge in [0.15, 0.2) is 16.4 Å². The zero-order valence-electron chi connectivity index (χ0n) is 15.0. The standard InChI is InChI=1S/C17H16FN7OS2/c1-10-9-27-14(19-10)17(2,26)15-22-23-16(28-15)21-13-6-7-25(24-13)8-11-4-3-5-12(18)20-11/h3-7,9,26H,8H2,1-2H3,(H,21,23,24). The molecule has 0 aromatic carbocycles. The van der Waals surface area contributed by atoms with Gasteiger partial charge in [-0.15, -0.1) is 21.5 Å². The molecule has 4 aromatic rings. The monoisotopic (exact) mass is 417 g/mol. The fourth-order valence-electron chi connectivity index (χ4n) is 2.47. The van der Waals surface area contributed by atoms with Gasteiger partial charge in [-0.1, -0.05) is 17.4 Å². The first-order valence-electron chi connectivity index (χ1n) is 8.31. The number of hydrogen-bond donors (Lipinski definition) is 2. The van der Waals surface area contributed by atoms with Crippen molar-refractivity contribution in [2.45, 2.75) is 26.0 Å². The van der Waals surface area contributed by atoms with Crippen molar-refractivity contribution in [2.75, 3.05) is 5.32 Å². The Morgan fingerprint density at radius 1 is 1.21 bits per heavy atom. The van der Waals surface area contributed by atoms with Gasteiger partial charge in [-0.2, -0.15) is 9.49 Å². The molecule has 0 aliphatic heterocycles. The summed E-state index contributed by atoms with van der Waals surface area (Å²) in [4.78, 5) is 8.16. The highest BCUT2D eigenvalue weighted by Gasteiger charge is 2.33. The number of aliphatic hydroxyl groups is 1. The summed E-state index contributed by atoms with van der Waals surface area (Å²) in [5.74, 6) is 0.0377. The maximum Gasteiger partial charge on any atom is 0.213 e. The van der Waals surface area contributed by atoms with Gasteiger partial charge in [0.05, 0.1) is 12.2 Å². The number of thiazole rings is 1. The molecule has 0 fully saturated rings. The molecule has 144 valence electrons. The predicted molar refractivity (Wildman–Crippen MR) is 104 cm³/mol. The summed E-state index contributed by atoms with van der Waals surface area (Å²) in [6.07, 6.45) is 1.76. The van der Waals surface area contributed by atoms with Crippen molar-refractivity contribution in [3.8, 4) is 0 Å². The van der Waals surface area contributed by atoms with Crippen molar-refractivity contribution in [1.82, 2.24) is 29.9 Å². The molecule has 4 heterocycles. The lowest BCUT2D eigenvalue weighted by molar-refractivity contribution is 0.101. The van der Waals surface area contributed by atoms with Crippen molar-refractivity contribution in [2.24, 2.45) is 0 Å². The van der Waals surface area contributed by atoms with E-state index in [2.05, 4.69) is 30.6 Å². The van der Waals surface area contributed by atoms with Crippen LogP contribution in [0.15, 0.2) is 35.8 Å². The Balaban J connectivity index is 1.46. The molecule has 0 saturated heterocycles. The molecule has 0 radical (unpaired) electrons. The fourth-order valence-corrected chi connectivity index (χ4v) is 4.19. The van der Waals surface area contributed by atoms with E-state index in [1.165, 1.54) is 28.7 Å². The third-order valence-electron chi connectivity index (χ3n) is 3.85. The Bertz CT molecular complexity index is 1100. The van der Waals surface area contributed by atoms with Crippen LogP contribution in [0.5, 0.6) is 0 Å². The van der Waals surface area contributed by atoms with E-state index < -0.39 is 11.5 Å². The van der Waals surface area contributed by atoms with Crippen LogP contribution in [-0.4, -0.2) is 35.1 Å². The smallest absolute Gasteiger partial charge is 0.213 e. The van der Waals surface area contributed by atoms with Gasteiger partial charge in [0.25, 0.3) is 0 Å². The average Bonchev–Trinajstić information content (AvgIpc) is 3.37. The quantitative estimate of drug-likeness (QED) is 0.465. The number of pyridine rings is 1. The molecule has 0 amide bonds. The second-order valence-electron chi connectivity index (χ2n) is 6.25. The third-order valence-corrected chi connectivity index (χ3v) is 6.07. The largest absolute Gasteiger partial charge is 0.376 e. The second-order valence-corrected chi connectivity index (χ2v) is 8.09. The van der Waals surface area contributed by atoms with Crippen LogP contribution in [0, 0.1) is 12.9 Å². The molecule has 0 spiro atoms. The Morgan fingerprint density at radius 3 is 2.82 bits per heavy atom. The van der Waals surface area contributed by atoms with Gasteiger partial charge in [-0.05, 0) is 26.0 Å². The van der Waals surface area contributed by atoms with Crippen molar-refractivity contribution in [1.29, 1.82) is 0 Å². The van der Waals surface area contributed by atoms with E-state index in [9.17, 15) is 9.50 Å². The summed E-state index contributed by atoms with van der Waals surface area (Å²) < 4.78 is 14.8. The maximum atomic E-state index is 13.2. The SMILES string of the molecule is Cc1csc(C(C)(O)c2nnc(Nc3ccn(Cc4cccc(F)n4)n3)s2)n1. The van der Waals surface area contributed by atoms with Gasteiger partial charge in [0.1, 0.15) is 5.01 Å². The van der Waals surface area contributed by atoms with Gasteiger partial charge in [-0.25, -0.2) is 9.97 Å². The summed E-state index contributed by atoms with van der Waals surface area (Å²) in [5, 5.41) is 29.8. The Hall–Kier alpha value is -2.76. The molecule has 11 heteroatoms. The molecule has 0 aliphatic carbocycles. The molecule has 0 aliphatic rings. The first-order valence-corrected chi connectivity index (χ1v) is 10.0. The van der Waals surface area contributed by atoms with Crippen molar-refractivity contribution in [3.63, 3.8) is 0 Å². The van der Waals surface area contributed by atoms with E-state index in [4.69, 9.17) is 0 Å². The lowest BCUT2D eigenvalue weighted by atomic mass is 10.1. The van der Waals surface area contributed by atoms with Crippen LogP contribution in [0.3, 0.4) is 0 Å². The molecule has 2 N–H and O–H groups in total. The zero-order valence-corrected chi connectivity index (χ0v) is 16.6. The minimum absolute atomic E-state index is 0.346. The number of aromatic nitrogens is 6. The third kappa shape index (κ3) is 3.91. The van der Waals surface area contributed by atoms with Crippen LogP contribution in [0.2, 0.25) is 0 Å². The van der Waals surface area contributed by atoms with Crippen LogP contribution in [0.1, 0.15) is 28.3 Å². The number of rotatable bonds is 6. The predicted octanol–water partition coefficient (Wildman–Crippen LogP) is 3.08. The lowest BCUT2D eigenvalue weighted by Crippen LogP contribution is -2.22. The van der Waals surface area contributed by atoms with Gasteiger partial charge in [0, 0.05) is 23.3 Å². The summed E-state index contributed by atoms with van der Waals surface area (Å²) >= 11 is 2.60. The second kappa shape index (κ2) is 7.34. The molecule has 28 heavy (non-hydrogen) atoms. The maximum absolute atomic E-state index is 13.2. The molecule has 4 rings (SSSR count). The highest BCUT2D eigenvalue weighted by molar-refractivity contribution is 7.15. The first kappa shape index (κ1) is 18.6. The fraction of sp³-hybridized carbons (Fsp3) is 0.235. The highest BCUT2D eigenvalue weighted by Crippen LogP contribution is 2.34. The van der Waals surface area contributed by atoms with E-state index in [-0.39, 0.29) is 0 Å². The molecular formula is C17H16FN7OS2. The Kier molecular flexibility index (Phi) is 4.87. The molecule has 4 aromatic heterocycles. The number of nitrogens with zero attached hydrogens (tertiary/aromatic N) is 6. The molecule has 0 bridgehead atoms. The van der Waals surface area contributed by atoms with Crippen LogP contribution in [-0.2, 0) is 12.1 Å². The zero-order chi connectivity index (χ0) is 19.7. The van der Waals surface area contributed by atoms with Gasteiger partial charge in [0.2, 0.25) is 11.1 Å². The minimum Gasteiger partial charge on any atom is -0.376 e. The normalized spacial score (nSPS) is 13.4. The van der Waals surface area contributed by atoms with Crippen molar-refractivity contribution < 1.29 is 9.50 Å². The number of aryl methyl sites for hydroxylation is 1. The summed E-state index contributed by atoms with van der Waals surface area (Å²) in [6.45, 7) is 3.87. The van der Waals surface area contributed by atoms with Crippen molar-refractivity contribution in [3.05, 3.63) is 63.2 Å². The molecule has 8 nitrogen and oxygen atoms in total. The Labute approximate surface area is 167 Å². The highest BCUT2D eigenvalue weighted by atomic mass is 32.1. The summed E-state index contributed by atoms with van der Waals surface area (Å²) in [7, 11) is 0. The van der Waals surface area contributed by atoms with Crippen molar-refractivity contribution >= 4 is 33.6 Å². The van der Waals surface area contributed by atoms with Crippen LogP contribution in [0.4, 0.5) is 15.3 Å². The van der Waals surface area contributed by atoms with E-state index >= 15 is 0 Å². The van der Waals surface area contributed by atoms with Gasteiger partial charge >= 0.3 is 0 Å².